The Morgan fingerprint density at radius 2 is 0.979 bits per heavy atom. The fourth-order valence-electron chi connectivity index (χ4n) is 6.90. The topological polar surface area (TPSA) is 222 Å². The maximum absolute atomic E-state index is 13.3. The third-order valence-electron chi connectivity index (χ3n) is 9.55. The molecule has 4 fully saturated rings. The Balaban J connectivity index is 1.37. The van der Waals surface area contributed by atoms with E-state index in [0.717, 1.165) is 64.0 Å². The smallest absolute Gasteiger partial charge is 0.332 e. The molecule has 268 valence electrons. The van der Waals surface area contributed by atoms with Crippen molar-refractivity contribution in [2.45, 2.75) is 100 Å². The molecule has 0 atom stereocenters. The van der Waals surface area contributed by atoms with E-state index in [1.807, 2.05) is 0 Å². The standard InChI is InChI=1S/C30H46N6O12/c37-25(45-29(11-7-23(8-12-29)47-35(41)42)27(39)31-15-21-33-17-1-2-18-33)5-6-26(38)46-30(13-9-24(10-14-30)48-36(43)44)28(40)32-16-22-34-19-3-4-20-34/h5-6,23-24H,1-4,7-22H2,(H,31,39)(H,32,40)/b6-5+. The lowest BCUT2D eigenvalue weighted by molar-refractivity contribution is -0.769. The summed E-state index contributed by atoms with van der Waals surface area (Å²) in [5.41, 5.74) is -3.25. The molecule has 2 aliphatic heterocycles. The normalized spacial score (nSPS) is 28.0. The highest BCUT2D eigenvalue weighted by atomic mass is 17.0. The molecule has 0 aromatic carbocycles. The second kappa shape index (κ2) is 17.4. The van der Waals surface area contributed by atoms with Crippen LogP contribution in [0.3, 0.4) is 0 Å². The molecular formula is C30H46N6O12. The highest BCUT2D eigenvalue weighted by Crippen LogP contribution is 2.35. The predicted molar refractivity (Wildman–Crippen MR) is 165 cm³/mol. The fourth-order valence-corrected chi connectivity index (χ4v) is 6.90. The van der Waals surface area contributed by atoms with Crippen LogP contribution < -0.4 is 10.6 Å². The van der Waals surface area contributed by atoms with Crippen molar-refractivity contribution in [2.75, 3.05) is 52.4 Å². The Hall–Kier alpha value is -4.06. The first kappa shape index (κ1) is 36.8. The SMILES string of the molecule is O=C(/C=C/C(=O)OC1(C(=O)NCCN2CCCC2)CCC(O[N+](=O)[O-])CC1)OC1(C(=O)NCCN2CCCC2)CCC(O[N+](=O)[O-])CC1. The molecule has 18 nitrogen and oxygen atoms in total. The maximum atomic E-state index is 13.3. The van der Waals surface area contributed by atoms with Crippen LogP contribution in [0.25, 0.3) is 0 Å². The van der Waals surface area contributed by atoms with E-state index in [4.69, 9.17) is 9.47 Å². The Kier molecular flexibility index (Phi) is 13.3. The maximum Gasteiger partial charge on any atom is 0.332 e. The van der Waals surface area contributed by atoms with Crippen LogP contribution in [-0.2, 0) is 38.3 Å². The predicted octanol–water partition coefficient (Wildman–Crippen LogP) is 0.832. The average Bonchev–Trinajstić information content (AvgIpc) is 3.77. The molecule has 4 aliphatic rings. The molecule has 2 aliphatic carbocycles. The molecule has 0 unspecified atom stereocenters. The number of hydrogen-bond donors (Lipinski definition) is 2. The molecule has 0 bridgehead atoms. The average molecular weight is 683 g/mol. The largest absolute Gasteiger partial charge is 0.446 e. The summed E-state index contributed by atoms with van der Waals surface area (Å²) in [6, 6.07) is 0. The Bertz CT molecular complexity index is 1100. The van der Waals surface area contributed by atoms with Crippen molar-refractivity contribution in [3.8, 4) is 0 Å². The van der Waals surface area contributed by atoms with Gasteiger partial charge in [0, 0.05) is 38.3 Å². The molecule has 2 N–H and O–H groups in total. The highest BCUT2D eigenvalue weighted by Gasteiger charge is 2.47. The van der Waals surface area contributed by atoms with Crippen molar-refractivity contribution < 1.29 is 48.5 Å². The van der Waals surface area contributed by atoms with Gasteiger partial charge in [-0.05, 0) is 103 Å². The van der Waals surface area contributed by atoms with Gasteiger partial charge in [-0.2, -0.15) is 0 Å². The number of amides is 2. The van der Waals surface area contributed by atoms with Crippen LogP contribution in [-0.4, -0.2) is 119 Å². The third kappa shape index (κ3) is 10.7. The van der Waals surface area contributed by atoms with Gasteiger partial charge in [-0.15, -0.1) is 20.2 Å². The molecule has 0 aromatic rings. The van der Waals surface area contributed by atoms with E-state index in [-0.39, 0.29) is 51.4 Å². The van der Waals surface area contributed by atoms with Gasteiger partial charge in [-0.3, -0.25) is 9.59 Å². The van der Waals surface area contributed by atoms with Crippen molar-refractivity contribution >= 4 is 23.8 Å². The van der Waals surface area contributed by atoms with Crippen LogP contribution in [0.5, 0.6) is 0 Å². The number of hydrogen-bond acceptors (Lipinski definition) is 14. The molecule has 18 heteroatoms. The van der Waals surface area contributed by atoms with Crippen LogP contribution in [0.1, 0.15) is 77.0 Å². The second-order valence-corrected chi connectivity index (χ2v) is 12.8. The van der Waals surface area contributed by atoms with Gasteiger partial charge in [0.25, 0.3) is 22.0 Å². The Morgan fingerprint density at radius 1 is 0.646 bits per heavy atom. The van der Waals surface area contributed by atoms with Gasteiger partial charge in [-0.1, -0.05) is 0 Å². The molecule has 2 amide bonds. The minimum Gasteiger partial charge on any atom is -0.446 e. The van der Waals surface area contributed by atoms with E-state index in [1.165, 1.54) is 0 Å². The van der Waals surface area contributed by atoms with Crippen molar-refractivity contribution in [2.24, 2.45) is 0 Å². The molecule has 2 saturated heterocycles. The van der Waals surface area contributed by atoms with Gasteiger partial charge in [-0.25, -0.2) is 9.59 Å². The summed E-state index contributed by atoms with van der Waals surface area (Å²) in [7, 11) is 0. The van der Waals surface area contributed by atoms with Crippen LogP contribution in [0, 0.1) is 20.2 Å². The molecule has 0 aromatic heterocycles. The lowest BCUT2D eigenvalue weighted by Gasteiger charge is -2.37. The molecule has 2 saturated carbocycles. The van der Waals surface area contributed by atoms with E-state index in [1.54, 1.807) is 0 Å². The summed E-state index contributed by atoms with van der Waals surface area (Å²) < 4.78 is 11.3. The zero-order valence-corrected chi connectivity index (χ0v) is 27.1. The van der Waals surface area contributed by atoms with Gasteiger partial charge >= 0.3 is 11.9 Å². The fraction of sp³-hybridized carbons (Fsp3) is 0.800. The van der Waals surface area contributed by atoms with E-state index in [2.05, 4.69) is 30.1 Å². The van der Waals surface area contributed by atoms with Crippen molar-refractivity contribution in [3.63, 3.8) is 0 Å². The van der Waals surface area contributed by atoms with Gasteiger partial charge in [0.1, 0.15) is 12.2 Å². The molecular weight excluding hydrogens is 636 g/mol. The van der Waals surface area contributed by atoms with Gasteiger partial charge in [0.05, 0.1) is 0 Å². The van der Waals surface area contributed by atoms with Gasteiger partial charge in [0.15, 0.2) is 11.2 Å². The molecule has 2 heterocycles. The monoisotopic (exact) mass is 682 g/mol. The summed E-state index contributed by atoms with van der Waals surface area (Å²) in [5, 5.41) is 25.5. The number of esters is 2. The van der Waals surface area contributed by atoms with Crippen LogP contribution in [0.4, 0.5) is 0 Å². The molecule has 0 radical (unpaired) electrons. The Morgan fingerprint density at radius 3 is 1.29 bits per heavy atom. The molecule has 4 rings (SSSR count). The number of ether oxygens (including phenoxy) is 2. The van der Waals surface area contributed by atoms with E-state index < -0.39 is 57.3 Å². The number of carbonyl (C=O) groups is 4. The van der Waals surface area contributed by atoms with Crippen LogP contribution in [0.2, 0.25) is 0 Å². The van der Waals surface area contributed by atoms with Crippen molar-refractivity contribution in [3.05, 3.63) is 32.4 Å². The number of rotatable bonds is 16. The zero-order chi connectivity index (χ0) is 34.6. The summed E-state index contributed by atoms with van der Waals surface area (Å²) in [4.78, 5) is 88.0. The summed E-state index contributed by atoms with van der Waals surface area (Å²) >= 11 is 0. The number of carbonyl (C=O) groups excluding carboxylic acids is 4. The lowest BCUT2D eigenvalue weighted by atomic mass is 9.82. The van der Waals surface area contributed by atoms with Crippen molar-refractivity contribution in [1.29, 1.82) is 0 Å². The number of nitrogens with zero attached hydrogens (tertiary/aromatic N) is 4. The molecule has 0 spiro atoms. The van der Waals surface area contributed by atoms with E-state index in [9.17, 15) is 39.4 Å². The van der Waals surface area contributed by atoms with Crippen LogP contribution in [0.15, 0.2) is 12.2 Å². The number of nitrogens with one attached hydrogen (secondary N) is 2. The van der Waals surface area contributed by atoms with Crippen LogP contribution >= 0.6 is 0 Å². The van der Waals surface area contributed by atoms with Gasteiger partial charge in [0.2, 0.25) is 0 Å². The Labute approximate surface area is 278 Å². The minimum atomic E-state index is -1.63. The van der Waals surface area contributed by atoms with Gasteiger partial charge < -0.3 is 39.6 Å². The number of likely N-dealkylation sites (tertiary alicyclic amines) is 2. The summed E-state index contributed by atoms with van der Waals surface area (Å²) in [6.45, 7) is 5.65. The lowest BCUT2D eigenvalue weighted by Crippen LogP contribution is -2.54. The van der Waals surface area contributed by atoms with E-state index >= 15 is 0 Å². The van der Waals surface area contributed by atoms with Crippen molar-refractivity contribution in [1.82, 2.24) is 20.4 Å². The molecule has 48 heavy (non-hydrogen) atoms. The first-order valence-corrected chi connectivity index (χ1v) is 16.8. The first-order chi connectivity index (χ1) is 23.0. The summed E-state index contributed by atoms with van der Waals surface area (Å²) in [6.07, 6.45) is 4.72. The zero-order valence-electron chi connectivity index (χ0n) is 27.1. The third-order valence-corrected chi connectivity index (χ3v) is 9.55. The first-order valence-electron chi connectivity index (χ1n) is 16.8. The second-order valence-electron chi connectivity index (χ2n) is 12.8. The minimum absolute atomic E-state index is 0.0286. The quantitative estimate of drug-likeness (QED) is 0.0997. The highest BCUT2D eigenvalue weighted by molar-refractivity contribution is 5.96. The van der Waals surface area contributed by atoms with E-state index in [0.29, 0.717) is 26.2 Å². The summed E-state index contributed by atoms with van der Waals surface area (Å²) in [5.74, 6) is -3.10.